The lowest BCUT2D eigenvalue weighted by Gasteiger charge is -2.21. The van der Waals surface area contributed by atoms with Gasteiger partial charge in [0.15, 0.2) is 11.5 Å². The van der Waals surface area contributed by atoms with Crippen molar-refractivity contribution in [2.75, 3.05) is 13.2 Å². The average molecular weight is 268 g/mol. The molecule has 1 aromatic rings. The molecule has 0 bridgehead atoms. The predicted molar refractivity (Wildman–Crippen MR) is 67.1 cm³/mol. The molecule has 0 fully saturated rings. The molecule has 1 aromatic carbocycles. The van der Waals surface area contributed by atoms with E-state index in [4.69, 9.17) is 14.6 Å². The maximum atomic E-state index is 14.0. The van der Waals surface area contributed by atoms with E-state index in [1.54, 1.807) is 13.8 Å². The first-order chi connectivity index (χ1) is 8.92. The fraction of sp³-hybridized carbons (Fsp3) is 0.500. The molecule has 0 atom stereocenters. The maximum Gasteiger partial charge on any atom is 0.309 e. The van der Waals surface area contributed by atoms with Crippen molar-refractivity contribution in [3.8, 4) is 11.5 Å². The van der Waals surface area contributed by atoms with Crippen LogP contribution in [0.2, 0.25) is 0 Å². The van der Waals surface area contributed by atoms with Crippen LogP contribution in [-0.2, 0) is 11.2 Å². The van der Waals surface area contributed by atoms with Gasteiger partial charge >= 0.3 is 5.97 Å². The van der Waals surface area contributed by atoms with Gasteiger partial charge in [0.25, 0.3) is 0 Å². The van der Waals surface area contributed by atoms with E-state index < -0.39 is 17.2 Å². The largest absolute Gasteiger partial charge is 0.490 e. The van der Waals surface area contributed by atoms with Crippen LogP contribution in [0.15, 0.2) is 12.1 Å². The van der Waals surface area contributed by atoms with Gasteiger partial charge in [-0.25, -0.2) is 4.39 Å². The second-order valence-electron chi connectivity index (χ2n) is 5.27. The Hall–Kier alpha value is -1.78. The van der Waals surface area contributed by atoms with Crippen molar-refractivity contribution >= 4 is 5.97 Å². The lowest BCUT2D eigenvalue weighted by Crippen LogP contribution is -2.27. The molecule has 0 radical (unpaired) electrons. The van der Waals surface area contributed by atoms with E-state index in [2.05, 4.69) is 0 Å². The van der Waals surface area contributed by atoms with Gasteiger partial charge in [0.1, 0.15) is 5.82 Å². The molecule has 1 aliphatic heterocycles. The summed E-state index contributed by atoms with van der Waals surface area (Å²) >= 11 is 0. The first-order valence-electron chi connectivity index (χ1n) is 6.22. The Labute approximate surface area is 111 Å². The highest BCUT2D eigenvalue weighted by molar-refractivity contribution is 5.74. The number of ether oxygens (including phenoxy) is 2. The van der Waals surface area contributed by atoms with Crippen LogP contribution in [0.25, 0.3) is 0 Å². The molecule has 0 saturated carbocycles. The number of fused-ring (bicyclic) bond motifs is 1. The molecule has 0 aliphatic carbocycles. The molecule has 1 aliphatic rings. The zero-order valence-electron chi connectivity index (χ0n) is 11.0. The summed E-state index contributed by atoms with van der Waals surface area (Å²) in [7, 11) is 0. The molecule has 0 saturated heterocycles. The number of benzene rings is 1. The average Bonchev–Trinajstić information content (AvgIpc) is 2.58. The number of hydrogen-bond donors (Lipinski definition) is 1. The van der Waals surface area contributed by atoms with Crippen LogP contribution in [0.4, 0.5) is 4.39 Å². The molecule has 0 spiro atoms. The first-order valence-corrected chi connectivity index (χ1v) is 6.22. The highest BCUT2D eigenvalue weighted by atomic mass is 19.1. The number of carboxylic acid groups (broad SMARTS) is 1. The summed E-state index contributed by atoms with van der Waals surface area (Å²) in [6.07, 6.45) is 0.777. The molecular formula is C14H17FO4. The van der Waals surface area contributed by atoms with Crippen molar-refractivity contribution < 1.29 is 23.8 Å². The normalized spacial score (nSPS) is 14.9. The number of rotatable bonds is 3. The van der Waals surface area contributed by atoms with Crippen LogP contribution in [0.1, 0.15) is 25.8 Å². The Kier molecular flexibility index (Phi) is 3.64. The van der Waals surface area contributed by atoms with Crippen LogP contribution in [0, 0.1) is 11.2 Å². The van der Waals surface area contributed by atoms with Gasteiger partial charge in [-0.05, 0) is 32.4 Å². The van der Waals surface area contributed by atoms with E-state index in [1.807, 2.05) is 0 Å². The molecule has 0 aromatic heterocycles. The van der Waals surface area contributed by atoms with Gasteiger partial charge in [-0.2, -0.15) is 0 Å². The summed E-state index contributed by atoms with van der Waals surface area (Å²) in [4.78, 5) is 11.2. The van der Waals surface area contributed by atoms with E-state index in [0.29, 0.717) is 24.7 Å². The third kappa shape index (κ3) is 2.80. The number of halogens is 1. The van der Waals surface area contributed by atoms with Gasteiger partial charge < -0.3 is 14.6 Å². The first kappa shape index (κ1) is 13.6. The highest BCUT2D eigenvalue weighted by Gasteiger charge is 2.31. The highest BCUT2D eigenvalue weighted by Crippen LogP contribution is 2.38. The number of hydrogen-bond acceptors (Lipinski definition) is 3. The minimum Gasteiger partial charge on any atom is -0.490 e. The van der Waals surface area contributed by atoms with Crippen LogP contribution in [0.3, 0.4) is 0 Å². The molecule has 0 amide bonds. The Morgan fingerprint density at radius 2 is 2.05 bits per heavy atom. The Morgan fingerprint density at radius 3 is 2.74 bits per heavy atom. The molecule has 2 rings (SSSR count). The molecule has 4 nitrogen and oxygen atoms in total. The second-order valence-corrected chi connectivity index (χ2v) is 5.27. The van der Waals surface area contributed by atoms with Crippen LogP contribution in [0.5, 0.6) is 11.5 Å². The van der Waals surface area contributed by atoms with Gasteiger partial charge in [-0.15, -0.1) is 0 Å². The van der Waals surface area contributed by atoms with Crippen LogP contribution < -0.4 is 9.47 Å². The summed E-state index contributed by atoms with van der Waals surface area (Å²) in [5.74, 6) is -0.612. The number of carbonyl (C=O) groups is 1. The number of carboxylic acids is 1. The Morgan fingerprint density at radius 1 is 1.37 bits per heavy atom. The standard InChI is InChI=1S/C14H17FO4/c1-14(2,13(16)17)8-9-10(15)4-5-11-12(9)19-7-3-6-18-11/h4-5H,3,6-8H2,1-2H3,(H,16,17). The van der Waals surface area contributed by atoms with Crippen LogP contribution in [-0.4, -0.2) is 24.3 Å². The van der Waals surface area contributed by atoms with Crippen molar-refractivity contribution in [3.05, 3.63) is 23.5 Å². The van der Waals surface area contributed by atoms with Gasteiger partial charge in [0.05, 0.1) is 18.6 Å². The number of aliphatic carboxylic acids is 1. The zero-order chi connectivity index (χ0) is 14.0. The molecular weight excluding hydrogens is 251 g/mol. The van der Waals surface area contributed by atoms with Gasteiger partial charge in [-0.3, -0.25) is 4.79 Å². The summed E-state index contributed by atoms with van der Waals surface area (Å²) < 4.78 is 25.0. The van der Waals surface area contributed by atoms with E-state index in [0.717, 1.165) is 6.42 Å². The molecule has 5 heteroatoms. The lowest BCUT2D eigenvalue weighted by atomic mass is 9.85. The van der Waals surface area contributed by atoms with Gasteiger partial charge in [0.2, 0.25) is 0 Å². The summed E-state index contributed by atoms with van der Waals surface area (Å²) in [6, 6.07) is 2.81. The minimum absolute atomic E-state index is 0.0563. The van der Waals surface area contributed by atoms with E-state index in [-0.39, 0.29) is 12.0 Å². The second kappa shape index (κ2) is 5.07. The third-order valence-corrected chi connectivity index (χ3v) is 3.16. The van der Waals surface area contributed by atoms with Crippen molar-refractivity contribution in [1.29, 1.82) is 0 Å². The lowest BCUT2D eigenvalue weighted by molar-refractivity contribution is -0.146. The minimum atomic E-state index is -1.06. The summed E-state index contributed by atoms with van der Waals surface area (Å²) in [5, 5.41) is 9.16. The van der Waals surface area contributed by atoms with Gasteiger partial charge in [-0.1, -0.05) is 0 Å². The molecule has 104 valence electrons. The topological polar surface area (TPSA) is 55.8 Å². The van der Waals surface area contributed by atoms with E-state index >= 15 is 0 Å². The van der Waals surface area contributed by atoms with Crippen LogP contribution >= 0.6 is 0 Å². The SMILES string of the molecule is CC(C)(Cc1c(F)ccc2c1OCCCO2)C(=O)O. The molecule has 0 unspecified atom stereocenters. The Bertz CT molecular complexity index is 496. The summed E-state index contributed by atoms with van der Waals surface area (Å²) in [6.45, 7) is 4.08. The molecule has 1 heterocycles. The fourth-order valence-corrected chi connectivity index (χ4v) is 1.95. The van der Waals surface area contributed by atoms with Crippen molar-refractivity contribution in [1.82, 2.24) is 0 Å². The Balaban J connectivity index is 2.42. The van der Waals surface area contributed by atoms with Crippen molar-refractivity contribution in [3.63, 3.8) is 0 Å². The summed E-state index contributed by atoms with van der Waals surface area (Å²) in [5.41, 5.74) is -0.794. The van der Waals surface area contributed by atoms with E-state index in [9.17, 15) is 9.18 Å². The predicted octanol–water partition coefficient (Wildman–Crippen LogP) is 2.64. The monoisotopic (exact) mass is 268 g/mol. The van der Waals surface area contributed by atoms with Crippen molar-refractivity contribution in [2.45, 2.75) is 26.7 Å². The zero-order valence-corrected chi connectivity index (χ0v) is 11.0. The fourth-order valence-electron chi connectivity index (χ4n) is 1.95. The smallest absolute Gasteiger partial charge is 0.309 e. The molecule has 1 N–H and O–H groups in total. The third-order valence-electron chi connectivity index (χ3n) is 3.16. The van der Waals surface area contributed by atoms with Gasteiger partial charge in [0, 0.05) is 12.0 Å². The van der Waals surface area contributed by atoms with E-state index in [1.165, 1.54) is 12.1 Å². The molecule has 19 heavy (non-hydrogen) atoms. The quantitative estimate of drug-likeness (QED) is 0.915. The van der Waals surface area contributed by atoms with Crippen molar-refractivity contribution in [2.24, 2.45) is 5.41 Å². The maximum absolute atomic E-state index is 14.0.